The zero-order valence-electron chi connectivity index (χ0n) is 10.2. The maximum absolute atomic E-state index is 13.7. The molecule has 5 heteroatoms. The number of amides is 1. The lowest BCUT2D eigenvalue weighted by Gasteiger charge is -2.30. The predicted octanol–water partition coefficient (Wildman–Crippen LogP) is 0.848. The van der Waals surface area contributed by atoms with Crippen LogP contribution in [0.5, 0.6) is 0 Å². The maximum Gasteiger partial charge on any atom is 0.248 e. The normalized spacial score (nSPS) is 20.9. The lowest BCUT2D eigenvalue weighted by Crippen LogP contribution is -2.42. The lowest BCUT2D eigenvalue weighted by atomic mass is 10.0. The van der Waals surface area contributed by atoms with Gasteiger partial charge >= 0.3 is 0 Å². The van der Waals surface area contributed by atoms with Gasteiger partial charge in [0.05, 0.1) is 0 Å². The largest absolute Gasteiger partial charge is 0.366 e. The third-order valence-corrected chi connectivity index (χ3v) is 3.27. The molecule has 0 aliphatic carbocycles. The van der Waals surface area contributed by atoms with E-state index in [1.807, 2.05) is 0 Å². The standard InChI is InChI=1S/C13H18FN3O/c14-12-4-3-9(13(16)18)6-10(12)7-17-5-1-2-11(15)8-17/h3-4,6,11H,1-2,5,7-8,15H2,(H2,16,18). The van der Waals surface area contributed by atoms with Crippen LogP contribution >= 0.6 is 0 Å². The first-order valence-electron chi connectivity index (χ1n) is 6.12. The van der Waals surface area contributed by atoms with Crippen molar-refractivity contribution >= 4 is 5.91 Å². The molecule has 1 unspecified atom stereocenters. The fourth-order valence-electron chi connectivity index (χ4n) is 2.32. The van der Waals surface area contributed by atoms with Gasteiger partial charge in [-0.2, -0.15) is 0 Å². The zero-order chi connectivity index (χ0) is 13.1. The van der Waals surface area contributed by atoms with Crippen LogP contribution in [0.1, 0.15) is 28.8 Å². The van der Waals surface area contributed by atoms with Crippen LogP contribution in [0.15, 0.2) is 18.2 Å². The maximum atomic E-state index is 13.7. The summed E-state index contributed by atoms with van der Waals surface area (Å²) in [6.07, 6.45) is 2.04. The van der Waals surface area contributed by atoms with E-state index < -0.39 is 5.91 Å². The summed E-state index contributed by atoms with van der Waals surface area (Å²) in [7, 11) is 0. The minimum absolute atomic E-state index is 0.154. The highest BCUT2D eigenvalue weighted by Gasteiger charge is 2.18. The Kier molecular flexibility index (Phi) is 3.93. The minimum Gasteiger partial charge on any atom is -0.366 e. The van der Waals surface area contributed by atoms with Crippen molar-refractivity contribution in [2.75, 3.05) is 13.1 Å². The van der Waals surface area contributed by atoms with Crippen LogP contribution in [-0.4, -0.2) is 29.9 Å². The van der Waals surface area contributed by atoms with Crippen LogP contribution in [0.25, 0.3) is 0 Å². The van der Waals surface area contributed by atoms with Gasteiger partial charge in [-0.3, -0.25) is 9.69 Å². The average molecular weight is 251 g/mol. The van der Waals surface area contributed by atoms with Gasteiger partial charge in [-0.05, 0) is 37.6 Å². The van der Waals surface area contributed by atoms with Crippen molar-refractivity contribution < 1.29 is 9.18 Å². The Morgan fingerprint density at radius 1 is 1.50 bits per heavy atom. The highest BCUT2D eigenvalue weighted by atomic mass is 19.1. The number of halogens is 1. The van der Waals surface area contributed by atoms with Crippen molar-refractivity contribution in [3.8, 4) is 0 Å². The Labute approximate surface area is 106 Å². The second kappa shape index (κ2) is 5.46. The molecule has 0 bridgehead atoms. The van der Waals surface area contributed by atoms with E-state index >= 15 is 0 Å². The first kappa shape index (κ1) is 13.0. The number of benzene rings is 1. The van der Waals surface area contributed by atoms with Crippen molar-refractivity contribution in [1.82, 2.24) is 4.90 Å². The Morgan fingerprint density at radius 3 is 2.94 bits per heavy atom. The molecule has 0 saturated carbocycles. The Hall–Kier alpha value is -1.46. The van der Waals surface area contributed by atoms with E-state index in [-0.39, 0.29) is 11.9 Å². The van der Waals surface area contributed by atoms with Crippen molar-refractivity contribution in [2.45, 2.75) is 25.4 Å². The lowest BCUT2D eigenvalue weighted by molar-refractivity contribution is 0.1000. The van der Waals surface area contributed by atoms with Gasteiger partial charge in [-0.25, -0.2) is 4.39 Å². The molecule has 98 valence electrons. The van der Waals surface area contributed by atoms with E-state index in [9.17, 15) is 9.18 Å². The van der Waals surface area contributed by atoms with Crippen molar-refractivity contribution in [2.24, 2.45) is 11.5 Å². The van der Waals surface area contributed by atoms with E-state index in [0.717, 1.165) is 25.9 Å². The predicted molar refractivity (Wildman–Crippen MR) is 67.4 cm³/mol. The van der Waals surface area contributed by atoms with Crippen LogP contribution in [0, 0.1) is 5.82 Å². The molecule has 1 atom stereocenters. The van der Waals surface area contributed by atoms with Gasteiger partial charge in [0, 0.05) is 30.3 Å². The van der Waals surface area contributed by atoms with Crippen LogP contribution in [0.3, 0.4) is 0 Å². The third-order valence-electron chi connectivity index (χ3n) is 3.27. The highest BCUT2D eigenvalue weighted by molar-refractivity contribution is 5.92. The monoisotopic (exact) mass is 251 g/mol. The molecule has 1 aromatic carbocycles. The molecular weight excluding hydrogens is 233 g/mol. The minimum atomic E-state index is -0.536. The molecule has 4 nitrogen and oxygen atoms in total. The van der Waals surface area contributed by atoms with Gasteiger partial charge < -0.3 is 11.5 Å². The third kappa shape index (κ3) is 3.05. The number of hydrogen-bond acceptors (Lipinski definition) is 3. The summed E-state index contributed by atoms with van der Waals surface area (Å²) in [6.45, 7) is 2.15. The summed E-state index contributed by atoms with van der Waals surface area (Å²) < 4.78 is 13.7. The van der Waals surface area contributed by atoms with Crippen molar-refractivity contribution in [3.05, 3.63) is 35.1 Å². The topological polar surface area (TPSA) is 72.4 Å². The highest BCUT2D eigenvalue weighted by Crippen LogP contribution is 2.16. The van der Waals surface area contributed by atoms with Crippen molar-refractivity contribution in [3.63, 3.8) is 0 Å². The van der Waals surface area contributed by atoms with Crippen LogP contribution < -0.4 is 11.5 Å². The van der Waals surface area contributed by atoms with Gasteiger partial charge in [-0.1, -0.05) is 0 Å². The number of nitrogens with two attached hydrogens (primary N) is 2. The van der Waals surface area contributed by atoms with Gasteiger partial charge in [0.15, 0.2) is 0 Å². The van der Waals surface area contributed by atoms with E-state index in [1.54, 1.807) is 0 Å². The second-order valence-electron chi connectivity index (χ2n) is 4.81. The SMILES string of the molecule is NC(=O)c1ccc(F)c(CN2CCCC(N)C2)c1. The fraction of sp³-hybridized carbons (Fsp3) is 0.462. The smallest absolute Gasteiger partial charge is 0.248 e. The summed E-state index contributed by atoms with van der Waals surface area (Å²) in [4.78, 5) is 13.2. The molecule has 1 saturated heterocycles. The van der Waals surface area contributed by atoms with Crippen LogP contribution in [0.4, 0.5) is 4.39 Å². The fourth-order valence-corrected chi connectivity index (χ4v) is 2.32. The molecule has 2 rings (SSSR count). The first-order chi connectivity index (χ1) is 8.56. The summed E-state index contributed by atoms with van der Waals surface area (Å²) in [6, 6.07) is 4.38. The number of likely N-dealkylation sites (tertiary alicyclic amines) is 1. The molecule has 0 spiro atoms. The number of carbonyl (C=O) groups is 1. The Morgan fingerprint density at radius 2 is 2.28 bits per heavy atom. The molecule has 0 radical (unpaired) electrons. The molecule has 0 aromatic heterocycles. The summed E-state index contributed by atoms with van der Waals surface area (Å²) in [5.74, 6) is -0.842. The molecule has 1 aromatic rings. The number of primary amides is 1. The molecule has 1 aliphatic rings. The van der Waals surface area contributed by atoms with Crippen molar-refractivity contribution in [1.29, 1.82) is 0 Å². The number of nitrogens with zero attached hydrogens (tertiary/aromatic N) is 1. The first-order valence-corrected chi connectivity index (χ1v) is 6.12. The Balaban J connectivity index is 2.12. The van der Waals surface area contributed by atoms with E-state index in [2.05, 4.69) is 4.90 Å². The number of carbonyl (C=O) groups excluding carboxylic acids is 1. The number of hydrogen-bond donors (Lipinski definition) is 2. The van der Waals surface area contributed by atoms with Gasteiger partial charge in [0.25, 0.3) is 0 Å². The van der Waals surface area contributed by atoms with E-state index in [4.69, 9.17) is 11.5 Å². The number of piperidine rings is 1. The molecule has 1 fully saturated rings. The van der Waals surface area contributed by atoms with Gasteiger partial charge in [0.2, 0.25) is 5.91 Å². The zero-order valence-corrected chi connectivity index (χ0v) is 10.2. The van der Waals surface area contributed by atoms with E-state index in [1.165, 1.54) is 18.2 Å². The van der Waals surface area contributed by atoms with E-state index in [0.29, 0.717) is 17.7 Å². The molecule has 1 heterocycles. The second-order valence-corrected chi connectivity index (χ2v) is 4.81. The van der Waals surface area contributed by atoms with Crippen LogP contribution in [0.2, 0.25) is 0 Å². The molecular formula is C13H18FN3O. The number of rotatable bonds is 3. The average Bonchev–Trinajstić information content (AvgIpc) is 2.31. The summed E-state index contributed by atoms with van der Waals surface area (Å²) in [5, 5.41) is 0. The molecule has 4 N–H and O–H groups in total. The van der Waals surface area contributed by atoms with Crippen LogP contribution in [-0.2, 0) is 6.54 Å². The summed E-state index contributed by atoms with van der Waals surface area (Å²) >= 11 is 0. The quantitative estimate of drug-likeness (QED) is 0.836. The van der Waals surface area contributed by atoms with Gasteiger partial charge in [0.1, 0.15) is 5.82 Å². The summed E-state index contributed by atoms with van der Waals surface area (Å²) in [5.41, 5.74) is 11.9. The van der Waals surface area contributed by atoms with Gasteiger partial charge in [-0.15, -0.1) is 0 Å². The molecule has 18 heavy (non-hydrogen) atoms. The molecule has 1 amide bonds. The Bertz CT molecular complexity index is 450. The molecule has 1 aliphatic heterocycles.